The van der Waals surface area contributed by atoms with Crippen molar-refractivity contribution >= 4 is 38.2 Å². The predicted molar refractivity (Wildman–Crippen MR) is 106 cm³/mol. The van der Waals surface area contributed by atoms with Gasteiger partial charge in [0.15, 0.2) is 9.84 Å². The number of methoxy groups -OCH3 is 1. The summed E-state index contributed by atoms with van der Waals surface area (Å²) in [7, 11) is -0.161. The van der Waals surface area contributed by atoms with E-state index in [1.807, 2.05) is 0 Å². The standard InChI is InChI=1S/C19H18ClN3O4S/c1-22-19(27-2)16-8-3-12(9-17(16)21-22)18(24)23-10-15(11-23)28(25,26)14-6-4-13(20)5-7-14/h3-9,15H,10-11H2,1-2H3. The van der Waals surface area contributed by atoms with Crippen LogP contribution in [0.5, 0.6) is 5.88 Å². The first kappa shape index (κ1) is 18.8. The predicted octanol–water partition coefficient (Wildman–Crippen LogP) is 2.53. The Morgan fingerprint density at radius 1 is 1.18 bits per heavy atom. The Morgan fingerprint density at radius 2 is 1.86 bits per heavy atom. The highest BCUT2D eigenvalue weighted by Crippen LogP contribution is 2.28. The number of aryl methyl sites for hydroxylation is 1. The van der Waals surface area contributed by atoms with E-state index in [1.165, 1.54) is 17.0 Å². The van der Waals surface area contributed by atoms with Gasteiger partial charge in [-0.25, -0.2) is 13.1 Å². The molecular formula is C19H18ClN3O4S. The lowest BCUT2D eigenvalue weighted by Gasteiger charge is -2.38. The van der Waals surface area contributed by atoms with Gasteiger partial charge in [-0.2, -0.15) is 5.10 Å². The molecule has 1 saturated heterocycles. The van der Waals surface area contributed by atoms with Crippen molar-refractivity contribution in [3.8, 4) is 5.88 Å². The molecule has 2 aromatic carbocycles. The monoisotopic (exact) mass is 419 g/mol. The molecule has 1 aromatic heterocycles. The maximum Gasteiger partial charge on any atom is 0.254 e. The first-order chi connectivity index (χ1) is 13.3. The molecule has 0 atom stereocenters. The van der Waals surface area contributed by atoms with Crippen LogP contribution in [0.2, 0.25) is 5.02 Å². The van der Waals surface area contributed by atoms with Crippen LogP contribution in [0.25, 0.3) is 10.9 Å². The molecule has 0 unspecified atom stereocenters. The van der Waals surface area contributed by atoms with Gasteiger partial charge in [-0.3, -0.25) is 4.79 Å². The molecule has 0 N–H and O–H groups in total. The second kappa shape index (κ2) is 6.79. The van der Waals surface area contributed by atoms with Crippen LogP contribution in [0.15, 0.2) is 47.4 Å². The van der Waals surface area contributed by atoms with Crippen LogP contribution in [-0.2, 0) is 16.9 Å². The molecule has 9 heteroatoms. The number of fused-ring (bicyclic) bond motifs is 1. The molecule has 0 aliphatic carbocycles. The van der Waals surface area contributed by atoms with Gasteiger partial charge < -0.3 is 9.64 Å². The number of amides is 1. The van der Waals surface area contributed by atoms with E-state index in [-0.39, 0.29) is 23.9 Å². The molecule has 0 radical (unpaired) electrons. The van der Waals surface area contributed by atoms with Crippen molar-refractivity contribution in [2.45, 2.75) is 10.1 Å². The van der Waals surface area contributed by atoms with Crippen molar-refractivity contribution in [3.63, 3.8) is 0 Å². The van der Waals surface area contributed by atoms with Crippen LogP contribution in [0.1, 0.15) is 10.4 Å². The molecule has 1 amide bonds. The van der Waals surface area contributed by atoms with Gasteiger partial charge in [-0.15, -0.1) is 0 Å². The molecule has 2 heterocycles. The van der Waals surface area contributed by atoms with Crippen LogP contribution in [-0.4, -0.2) is 54.5 Å². The van der Waals surface area contributed by atoms with Crippen molar-refractivity contribution < 1.29 is 17.9 Å². The van der Waals surface area contributed by atoms with Gasteiger partial charge in [0.25, 0.3) is 5.91 Å². The summed E-state index contributed by atoms with van der Waals surface area (Å²) < 4.78 is 32.3. The lowest BCUT2D eigenvalue weighted by atomic mass is 10.1. The summed E-state index contributed by atoms with van der Waals surface area (Å²) in [6.45, 7) is 0.320. The summed E-state index contributed by atoms with van der Waals surface area (Å²) in [4.78, 5) is 14.5. The molecule has 28 heavy (non-hydrogen) atoms. The van der Waals surface area contributed by atoms with Crippen LogP contribution in [0.4, 0.5) is 0 Å². The highest BCUT2D eigenvalue weighted by atomic mass is 35.5. The van der Waals surface area contributed by atoms with E-state index in [4.69, 9.17) is 16.3 Å². The average Bonchev–Trinajstić information content (AvgIpc) is 2.94. The number of ether oxygens (including phenoxy) is 1. The minimum Gasteiger partial charge on any atom is -0.481 e. The number of nitrogens with zero attached hydrogens (tertiary/aromatic N) is 3. The minimum atomic E-state index is -3.49. The molecule has 1 aliphatic rings. The normalized spacial score (nSPS) is 14.9. The molecule has 0 spiro atoms. The summed E-state index contributed by atoms with van der Waals surface area (Å²) in [5.41, 5.74) is 1.12. The molecule has 0 bridgehead atoms. The van der Waals surface area contributed by atoms with Crippen molar-refractivity contribution in [3.05, 3.63) is 53.1 Å². The molecule has 0 saturated carbocycles. The molecule has 7 nitrogen and oxygen atoms in total. The first-order valence-corrected chi connectivity index (χ1v) is 10.5. The fourth-order valence-electron chi connectivity index (χ4n) is 3.35. The van der Waals surface area contributed by atoms with Gasteiger partial charge in [-0.1, -0.05) is 11.6 Å². The first-order valence-electron chi connectivity index (χ1n) is 8.61. The Labute approximate surface area is 167 Å². The number of rotatable bonds is 4. The number of halogens is 1. The maximum absolute atomic E-state index is 12.7. The Bertz CT molecular complexity index is 1170. The molecule has 1 aliphatic heterocycles. The van der Waals surface area contributed by atoms with Gasteiger partial charge in [0.1, 0.15) is 5.25 Å². The van der Waals surface area contributed by atoms with Crippen molar-refractivity contribution in [1.29, 1.82) is 0 Å². The third-order valence-electron chi connectivity index (χ3n) is 4.94. The highest BCUT2D eigenvalue weighted by molar-refractivity contribution is 7.92. The third-order valence-corrected chi connectivity index (χ3v) is 7.29. The number of aromatic nitrogens is 2. The zero-order valence-electron chi connectivity index (χ0n) is 15.3. The average molecular weight is 420 g/mol. The van der Waals surface area contributed by atoms with Crippen molar-refractivity contribution in [1.82, 2.24) is 14.7 Å². The maximum atomic E-state index is 12.7. The number of likely N-dealkylation sites (tertiary alicyclic amines) is 1. The summed E-state index contributed by atoms with van der Waals surface area (Å²) in [5, 5.41) is 5.02. The zero-order chi connectivity index (χ0) is 20.1. The van der Waals surface area contributed by atoms with Gasteiger partial charge in [0, 0.05) is 30.7 Å². The van der Waals surface area contributed by atoms with E-state index in [0.717, 1.165) is 5.39 Å². The summed E-state index contributed by atoms with van der Waals surface area (Å²) >= 11 is 5.82. The second-order valence-corrected chi connectivity index (χ2v) is 9.36. The summed E-state index contributed by atoms with van der Waals surface area (Å²) in [5.74, 6) is 0.404. The van der Waals surface area contributed by atoms with Crippen LogP contribution in [0, 0.1) is 0 Å². The van der Waals surface area contributed by atoms with E-state index in [2.05, 4.69) is 5.10 Å². The van der Waals surface area contributed by atoms with Crippen LogP contribution in [0.3, 0.4) is 0 Å². The van der Waals surface area contributed by atoms with Crippen LogP contribution >= 0.6 is 11.6 Å². The lowest BCUT2D eigenvalue weighted by Crippen LogP contribution is -2.56. The molecule has 1 fully saturated rings. The summed E-state index contributed by atoms with van der Waals surface area (Å²) in [6.07, 6.45) is 0. The Balaban J connectivity index is 1.50. The van der Waals surface area contributed by atoms with Crippen molar-refractivity contribution in [2.75, 3.05) is 20.2 Å². The smallest absolute Gasteiger partial charge is 0.254 e. The topological polar surface area (TPSA) is 81.5 Å². The van der Waals surface area contributed by atoms with Gasteiger partial charge in [0.05, 0.1) is 22.9 Å². The third kappa shape index (κ3) is 3.02. The van der Waals surface area contributed by atoms with Gasteiger partial charge in [0.2, 0.25) is 5.88 Å². The quantitative estimate of drug-likeness (QED) is 0.649. The Hall–Kier alpha value is -2.58. The fourth-order valence-corrected chi connectivity index (χ4v) is 5.13. The zero-order valence-corrected chi connectivity index (χ0v) is 16.9. The Morgan fingerprint density at radius 3 is 2.50 bits per heavy atom. The molecule has 146 valence electrons. The number of benzene rings is 2. The largest absolute Gasteiger partial charge is 0.481 e. The van der Waals surface area contributed by atoms with E-state index in [9.17, 15) is 13.2 Å². The molecule has 3 aromatic rings. The minimum absolute atomic E-state index is 0.160. The van der Waals surface area contributed by atoms with Gasteiger partial charge >= 0.3 is 0 Å². The van der Waals surface area contributed by atoms with Crippen LogP contribution < -0.4 is 4.74 Å². The second-order valence-electron chi connectivity index (χ2n) is 6.70. The summed E-state index contributed by atoms with van der Waals surface area (Å²) in [6, 6.07) is 11.3. The number of hydrogen-bond acceptors (Lipinski definition) is 5. The van der Waals surface area contributed by atoms with Gasteiger partial charge in [-0.05, 0) is 42.5 Å². The lowest BCUT2D eigenvalue weighted by molar-refractivity contribution is 0.0659. The highest BCUT2D eigenvalue weighted by Gasteiger charge is 2.40. The number of sulfone groups is 1. The van der Waals surface area contributed by atoms with E-state index < -0.39 is 15.1 Å². The van der Waals surface area contributed by atoms with E-state index in [1.54, 1.807) is 49.2 Å². The van der Waals surface area contributed by atoms with E-state index in [0.29, 0.717) is 22.0 Å². The number of carbonyl (C=O) groups is 1. The molecular weight excluding hydrogens is 402 g/mol. The SMILES string of the molecule is COc1c2ccc(C(=O)N3CC(S(=O)(=O)c4ccc(Cl)cc4)C3)cc2nn1C. The fraction of sp³-hybridized carbons (Fsp3) is 0.263. The molecule has 4 rings (SSSR count). The van der Waals surface area contributed by atoms with E-state index >= 15 is 0 Å². The van der Waals surface area contributed by atoms with Crippen molar-refractivity contribution in [2.24, 2.45) is 7.05 Å². The Kier molecular flexibility index (Phi) is 4.55. The number of carbonyl (C=O) groups excluding carboxylic acids is 1. The number of hydrogen-bond donors (Lipinski definition) is 0.